The van der Waals surface area contributed by atoms with Gasteiger partial charge in [-0.3, -0.25) is 9.88 Å². The number of piperazine rings is 1. The molecule has 0 bridgehead atoms. The quantitative estimate of drug-likeness (QED) is 0.792. The van der Waals surface area contributed by atoms with Gasteiger partial charge in [-0.05, 0) is 50.4 Å². The van der Waals surface area contributed by atoms with Crippen molar-refractivity contribution in [2.75, 3.05) is 32.8 Å². The molecule has 1 N–H and O–H groups in total. The normalized spacial score (nSPS) is 18.9. The van der Waals surface area contributed by atoms with Gasteiger partial charge in [0, 0.05) is 44.5 Å². The van der Waals surface area contributed by atoms with E-state index in [-0.39, 0.29) is 6.61 Å². The van der Waals surface area contributed by atoms with E-state index in [0.717, 1.165) is 57.0 Å². The molecule has 3 rings (SSSR count). The molecule has 26 heavy (non-hydrogen) atoms. The van der Waals surface area contributed by atoms with Crippen molar-refractivity contribution in [3.63, 3.8) is 0 Å². The maximum atomic E-state index is 9.50. The highest BCUT2D eigenvalue weighted by molar-refractivity contribution is 5.14. The molecule has 4 heteroatoms. The van der Waals surface area contributed by atoms with Gasteiger partial charge in [-0.15, -0.1) is 0 Å². The van der Waals surface area contributed by atoms with Gasteiger partial charge >= 0.3 is 0 Å². The number of benzene rings is 1. The number of aliphatic hydroxyl groups is 1. The topological polar surface area (TPSA) is 39.6 Å². The Balaban J connectivity index is 1.50. The molecule has 2 heterocycles. The van der Waals surface area contributed by atoms with E-state index in [9.17, 15) is 5.11 Å². The summed E-state index contributed by atoms with van der Waals surface area (Å²) in [5.74, 6) is 0. The Bertz CT molecular complexity index is 661. The van der Waals surface area contributed by atoms with E-state index >= 15 is 0 Å². The average Bonchev–Trinajstić information content (AvgIpc) is 2.65. The molecule has 1 atom stereocenters. The van der Waals surface area contributed by atoms with Gasteiger partial charge in [-0.2, -0.15) is 0 Å². The van der Waals surface area contributed by atoms with E-state index in [2.05, 4.69) is 57.2 Å². The molecular weight excluding hydrogens is 322 g/mol. The third-order valence-corrected chi connectivity index (χ3v) is 5.24. The summed E-state index contributed by atoms with van der Waals surface area (Å²) in [4.78, 5) is 9.70. The fraction of sp³-hybridized carbons (Fsp3) is 0.500. The molecule has 4 nitrogen and oxygen atoms in total. The number of hydrogen-bond donors (Lipinski definition) is 1. The predicted molar refractivity (Wildman–Crippen MR) is 106 cm³/mol. The summed E-state index contributed by atoms with van der Waals surface area (Å²) in [6.45, 7) is 7.49. The zero-order chi connectivity index (χ0) is 18.2. The van der Waals surface area contributed by atoms with E-state index in [1.807, 2.05) is 13.0 Å². The molecule has 0 saturated carbocycles. The van der Waals surface area contributed by atoms with Gasteiger partial charge < -0.3 is 10.0 Å². The van der Waals surface area contributed by atoms with Crippen molar-refractivity contribution in [1.82, 2.24) is 14.8 Å². The minimum absolute atomic E-state index is 0.250. The fourth-order valence-electron chi connectivity index (χ4n) is 3.84. The number of aryl methyl sites for hydroxylation is 2. The van der Waals surface area contributed by atoms with Crippen LogP contribution >= 0.6 is 0 Å². The maximum Gasteiger partial charge on any atom is 0.0547 e. The number of aromatic nitrogens is 1. The summed E-state index contributed by atoms with van der Waals surface area (Å²) in [7, 11) is 0. The van der Waals surface area contributed by atoms with E-state index in [4.69, 9.17) is 0 Å². The molecule has 1 fully saturated rings. The molecule has 1 aliphatic rings. The Morgan fingerprint density at radius 2 is 1.92 bits per heavy atom. The van der Waals surface area contributed by atoms with Crippen LogP contribution in [0.25, 0.3) is 0 Å². The second-order valence-electron chi connectivity index (χ2n) is 7.30. The van der Waals surface area contributed by atoms with Crippen LogP contribution in [0, 0.1) is 6.92 Å². The highest BCUT2D eigenvalue weighted by Crippen LogP contribution is 2.17. The van der Waals surface area contributed by atoms with Crippen LogP contribution in [0.1, 0.15) is 29.8 Å². The van der Waals surface area contributed by atoms with Crippen molar-refractivity contribution in [3.05, 3.63) is 65.5 Å². The summed E-state index contributed by atoms with van der Waals surface area (Å²) >= 11 is 0. The standard InChI is InChI=1S/C22H31N3O/c1-19-7-5-11-21(23-19)17-25-15-14-24(18-22(25)12-16-26)13-6-10-20-8-3-2-4-9-20/h2-5,7-9,11,22,26H,6,10,12-18H2,1H3. The van der Waals surface area contributed by atoms with Crippen molar-refractivity contribution in [2.24, 2.45) is 0 Å². The first-order chi connectivity index (χ1) is 12.7. The van der Waals surface area contributed by atoms with Gasteiger partial charge in [-0.25, -0.2) is 0 Å². The average molecular weight is 354 g/mol. The molecular formula is C22H31N3O. The molecule has 0 aliphatic carbocycles. The van der Waals surface area contributed by atoms with Crippen molar-refractivity contribution in [2.45, 2.75) is 38.8 Å². The third kappa shape index (κ3) is 5.63. The Hall–Kier alpha value is -1.75. The molecule has 0 amide bonds. The second-order valence-corrected chi connectivity index (χ2v) is 7.30. The summed E-state index contributed by atoms with van der Waals surface area (Å²) in [6.07, 6.45) is 3.16. The number of rotatable bonds is 8. The van der Waals surface area contributed by atoms with Crippen molar-refractivity contribution < 1.29 is 5.11 Å². The SMILES string of the molecule is Cc1cccc(CN2CCN(CCCc3ccccc3)CC2CCO)n1. The lowest BCUT2D eigenvalue weighted by Gasteiger charge is -2.41. The molecule has 1 unspecified atom stereocenters. The number of aliphatic hydroxyl groups excluding tert-OH is 1. The summed E-state index contributed by atoms with van der Waals surface area (Å²) in [6, 6.07) is 17.4. The van der Waals surface area contributed by atoms with E-state index in [0.29, 0.717) is 6.04 Å². The summed E-state index contributed by atoms with van der Waals surface area (Å²) < 4.78 is 0. The maximum absolute atomic E-state index is 9.50. The van der Waals surface area contributed by atoms with Crippen LogP contribution in [0.2, 0.25) is 0 Å². The van der Waals surface area contributed by atoms with Crippen molar-refractivity contribution in [3.8, 4) is 0 Å². The van der Waals surface area contributed by atoms with E-state index in [1.54, 1.807) is 0 Å². The van der Waals surface area contributed by atoms with Crippen molar-refractivity contribution in [1.29, 1.82) is 0 Å². The lowest BCUT2D eigenvalue weighted by Crippen LogP contribution is -2.53. The van der Waals surface area contributed by atoms with E-state index < -0.39 is 0 Å². The van der Waals surface area contributed by atoms with Gasteiger partial charge in [0.25, 0.3) is 0 Å². The van der Waals surface area contributed by atoms with Crippen LogP contribution < -0.4 is 0 Å². The Morgan fingerprint density at radius 1 is 1.08 bits per heavy atom. The van der Waals surface area contributed by atoms with Crippen LogP contribution in [0.15, 0.2) is 48.5 Å². The molecule has 1 aromatic carbocycles. The highest BCUT2D eigenvalue weighted by atomic mass is 16.3. The summed E-state index contributed by atoms with van der Waals surface area (Å²) in [5, 5.41) is 9.50. The molecule has 1 saturated heterocycles. The monoisotopic (exact) mass is 353 g/mol. The van der Waals surface area contributed by atoms with Crippen LogP contribution in [0.4, 0.5) is 0 Å². The molecule has 140 valence electrons. The molecule has 1 aliphatic heterocycles. The zero-order valence-electron chi connectivity index (χ0n) is 15.8. The Morgan fingerprint density at radius 3 is 2.69 bits per heavy atom. The predicted octanol–water partition coefficient (Wildman–Crippen LogP) is 2.89. The van der Waals surface area contributed by atoms with Gasteiger partial charge in [0.05, 0.1) is 5.69 Å². The van der Waals surface area contributed by atoms with Gasteiger partial charge in [-0.1, -0.05) is 36.4 Å². The second kappa shape index (κ2) is 9.81. The van der Waals surface area contributed by atoms with Gasteiger partial charge in [0.2, 0.25) is 0 Å². The lowest BCUT2D eigenvalue weighted by molar-refractivity contribution is 0.0524. The minimum Gasteiger partial charge on any atom is -0.396 e. The first-order valence-corrected chi connectivity index (χ1v) is 9.78. The largest absolute Gasteiger partial charge is 0.396 e. The fourth-order valence-corrected chi connectivity index (χ4v) is 3.84. The van der Waals surface area contributed by atoms with Crippen LogP contribution in [0.3, 0.4) is 0 Å². The van der Waals surface area contributed by atoms with Gasteiger partial charge in [0.15, 0.2) is 0 Å². The lowest BCUT2D eigenvalue weighted by atomic mass is 10.1. The molecule has 2 aromatic rings. The number of nitrogens with zero attached hydrogens (tertiary/aromatic N) is 3. The minimum atomic E-state index is 0.250. The Kier molecular flexibility index (Phi) is 7.18. The number of pyridine rings is 1. The first kappa shape index (κ1) is 19.0. The van der Waals surface area contributed by atoms with Crippen LogP contribution in [-0.4, -0.2) is 58.7 Å². The van der Waals surface area contributed by atoms with Crippen molar-refractivity contribution >= 4 is 0 Å². The van der Waals surface area contributed by atoms with Crippen LogP contribution in [-0.2, 0) is 13.0 Å². The number of hydrogen-bond acceptors (Lipinski definition) is 4. The first-order valence-electron chi connectivity index (χ1n) is 9.78. The van der Waals surface area contributed by atoms with Crippen LogP contribution in [0.5, 0.6) is 0 Å². The molecule has 0 spiro atoms. The highest BCUT2D eigenvalue weighted by Gasteiger charge is 2.26. The smallest absolute Gasteiger partial charge is 0.0547 e. The van der Waals surface area contributed by atoms with E-state index in [1.165, 1.54) is 12.0 Å². The molecule has 0 radical (unpaired) electrons. The summed E-state index contributed by atoms with van der Waals surface area (Å²) in [5.41, 5.74) is 3.62. The van der Waals surface area contributed by atoms with Gasteiger partial charge in [0.1, 0.15) is 0 Å². The zero-order valence-corrected chi connectivity index (χ0v) is 15.8. The molecule has 1 aromatic heterocycles. The Labute approximate surface area is 157 Å². The third-order valence-electron chi connectivity index (χ3n) is 5.24.